The molecule has 2 aromatic carbocycles. The summed E-state index contributed by atoms with van der Waals surface area (Å²) in [6.45, 7) is 5.17. The van der Waals surface area contributed by atoms with E-state index in [9.17, 15) is 4.79 Å². The van der Waals surface area contributed by atoms with E-state index in [1.54, 1.807) is 0 Å². The minimum absolute atomic E-state index is 0.0447. The molecule has 0 saturated heterocycles. The van der Waals surface area contributed by atoms with E-state index < -0.39 is 0 Å². The van der Waals surface area contributed by atoms with Crippen molar-refractivity contribution in [3.8, 4) is 0 Å². The molecule has 2 N–H and O–H groups in total. The summed E-state index contributed by atoms with van der Waals surface area (Å²) >= 11 is 0. The van der Waals surface area contributed by atoms with Crippen molar-refractivity contribution < 1.29 is 4.79 Å². The maximum atomic E-state index is 11.6. The fourth-order valence-corrected chi connectivity index (χ4v) is 2.04. The third-order valence-electron chi connectivity index (χ3n) is 3.17. The summed E-state index contributed by atoms with van der Waals surface area (Å²) in [6, 6.07) is 14.5. The first-order valence-electron chi connectivity index (χ1n) is 6.69. The Labute approximate surface area is 114 Å². The van der Waals surface area contributed by atoms with Gasteiger partial charge in [-0.15, -0.1) is 0 Å². The smallest absolute Gasteiger partial charge is 0.236 e. The van der Waals surface area contributed by atoms with Crippen LogP contribution in [0, 0.1) is 0 Å². The summed E-state index contributed by atoms with van der Waals surface area (Å²) in [5, 5.41) is 8.51. The molecule has 2 aromatic rings. The standard InChI is InChI=1S/C16H20N2O/c1-3-17-16(19)12(2)18-11-13-8-9-14-6-4-5-7-15(14)10-13/h4-10,12,18H,3,11H2,1-2H3,(H,17,19). The molecule has 0 aliphatic rings. The molecule has 19 heavy (non-hydrogen) atoms. The quantitative estimate of drug-likeness (QED) is 0.862. The topological polar surface area (TPSA) is 41.1 Å². The molecular weight excluding hydrogens is 236 g/mol. The van der Waals surface area contributed by atoms with Gasteiger partial charge in [0.1, 0.15) is 0 Å². The number of nitrogens with one attached hydrogen (secondary N) is 2. The molecule has 3 nitrogen and oxygen atoms in total. The van der Waals surface area contributed by atoms with Crippen molar-refractivity contribution in [2.45, 2.75) is 26.4 Å². The van der Waals surface area contributed by atoms with Crippen molar-refractivity contribution in [3.63, 3.8) is 0 Å². The van der Waals surface area contributed by atoms with Crippen molar-refractivity contribution >= 4 is 16.7 Å². The highest BCUT2D eigenvalue weighted by molar-refractivity contribution is 5.83. The minimum Gasteiger partial charge on any atom is -0.355 e. The van der Waals surface area contributed by atoms with E-state index >= 15 is 0 Å². The van der Waals surface area contributed by atoms with Crippen LogP contribution in [-0.4, -0.2) is 18.5 Å². The molecule has 0 aliphatic carbocycles. The van der Waals surface area contributed by atoms with E-state index in [4.69, 9.17) is 0 Å². The molecule has 1 unspecified atom stereocenters. The fourth-order valence-electron chi connectivity index (χ4n) is 2.04. The molecule has 3 heteroatoms. The molecule has 0 saturated carbocycles. The lowest BCUT2D eigenvalue weighted by Gasteiger charge is -2.13. The third kappa shape index (κ3) is 3.55. The molecule has 0 fully saturated rings. The monoisotopic (exact) mass is 256 g/mol. The van der Waals surface area contributed by atoms with E-state index in [0.29, 0.717) is 13.1 Å². The zero-order valence-electron chi connectivity index (χ0n) is 11.4. The van der Waals surface area contributed by atoms with E-state index in [-0.39, 0.29) is 11.9 Å². The third-order valence-corrected chi connectivity index (χ3v) is 3.17. The van der Waals surface area contributed by atoms with Crippen LogP contribution in [0.15, 0.2) is 42.5 Å². The van der Waals surface area contributed by atoms with Gasteiger partial charge in [-0.3, -0.25) is 4.79 Å². The summed E-state index contributed by atoms with van der Waals surface area (Å²) in [7, 11) is 0. The Morgan fingerprint density at radius 1 is 1.16 bits per heavy atom. The van der Waals surface area contributed by atoms with Crippen LogP contribution in [-0.2, 0) is 11.3 Å². The molecule has 0 spiro atoms. The van der Waals surface area contributed by atoms with Gasteiger partial charge in [0.2, 0.25) is 5.91 Å². The second kappa shape index (κ2) is 6.34. The molecule has 0 aliphatic heterocycles. The van der Waals surface area contributed by atoms with Gasteiger partial charge >= 0.3 is 0 Å². The second-order valence-electron chi connectivity index (χ2n) is 4.68. The summed E-state index contributed by atoms with van der Waals surface area (Å²) in [5.74, 6) is 0.0447. The summed E-state index contributed by atoms with van der Waals surface area (Å²) in [4.78, 5) is 11.6. The average molecular weight is 256 g/mol. The molecule has 2 rings (SSSR count). The lowest BCUT2D eigenvalue weighted by Crippen LogP contribution is -2.41. The van der Waals surface area contributed by atoms with Gasteiger partial charge in [0.15, 0.2) is 0 Å². The number of likely N-dealkylation sites (N-methyl/N-ethyl adjacent to an activating group) is 1. The number of hydrogen-bond donors (Lipinski definition) is 2. The van der Waals surface area contributed by atoms with Crippen molar-refractivity contribution in [1.29, 1.82) is 0 Å². The number of hydrogen-bond acceptors (Lipinski definition) is 2. The van der Waals surface area contributed by atoms with Crippen LogP contribution < -0.4 is 10.6 Å². The van der Waals surface area contributed by atoms with Crippen molar-refractivity contribution in [3.05, 3.63) is 48.0 Å². The van der Waals surface area contributed by atoms with Crippen LogP contribution in [0.1, 0.15) is 19.4 Å². The normalized spacial score (nSPS) is 12.3. The SMILES string of the molecule is CCNC(=O)C(C)NCc1ccc2ccccc2c1. The fraction of sp³-hybridized carbons (Fsp3) is 0.312. The maximum Gasteiger partial charge on any atom is 0.236 e. The highest BCUT2D eigenvalue weighted by atomic mass is 16.2. The number of fused-ring (bicyclic) bond motifs is 1. The Kier molecular flexibility index (Phi) is 4.53. The molecule has 1 atom stereocenters. The van der Waals surface area contributed by atoms with E-state index in [1.807, 2.05) is 26.0 Å². The van der Waals surface area contributed by atoms with Gasteiger partial charge in [-0.25, -0.2) is 0 Å². The molecule has 0 radical (unpaired) electrons. The number of benzene rings is 2. The maximum absolute atomic E-state index is 11.6. The van der Waals surface area contributed by atoms with Crippen LogP contribution in [0.5, 0.6) is 0 Å². The van der Waals surface area contributed by atoms with Crippen molar-refractivity contribution in [1.82, 2.24) is 10.6 Å². The first kappa shape index (κ1) is 13.6. The molecule has 100 valence electrons. The first-order valence-corrected chi connectivity index (χ1v) is 6.69. The Bertz CT molecular complexity index is 565. The number of rotatable bonds is 5. The van der Waals surface area contributed by atoms with Gasteiger partial charge in [0.05, 0.1) is 6.04 Å². The van der Waals surface area contributed by atoms with Crippen LogP contribution in [0.2, 0.25) is 0 Å². The summed E-state index contributed by atoms with van der Waals surface area (Å²) < 4.78 is 0. The largest absolute Gasteiger partial charge is 0.355 e. The Morgan fingerprint density at radius 3 is 2.63 bits per heavy atom. The van der Waals surface area contributed by atoms with E-state index in [1.165, 1.54) is 16.3 Å². The van der Waals surface area contributed by atoms with Gasteiger partial charge in [-0.2, -0.15) is 0 Å². The summed E-state index contributed by atoms with van der Waals surface area (Å²) in [6.07, 6.45) is 0. The Morgan fingerprint density at radius 2 is 1.89 bits per heavy atom. The lowest BCUT2D eigenvalue weighted by molar-refractivity contribution is -0.122. The molecule has 0 bridgehead atoms. The van der Waals surface area contributed by atoms with Crippen LogP contribution in [0.25, 0.3) is 10.8 Å². The van der Waals surface area contributed by atoms with Crippen LogP contribution >= 0.6 is 0 Å². The summed E-state index contributed by atoms with van der Waals surface area (Å²) in [5.41, 5.74) is 1.19. The number of amides is 1. The second-order valence-corrected chi connectivity index (χ2v) is 4.68. The van der Waals surface area contributed by atoms with Gasteiger partial charge < -0.3 is 10.6 Å². The number of carbonyl (C=O) groups is 1. The van der Waals surface area contributed by atoms with E-state index in [2.05, 4.69) is 41.0 Å². The van der Waals surface area contributed by atoms with Crippen molar-refractivity contribution in [2.75, 3.05) is 6.54 Å². The van der Waals surface area contributed by atoms with Crippen LogP contribution in [0.3, 0.4) is 0 Å². The molecule has 1 amide bonds. The predicted molar refractivity (Wildman–Crippen MR) is 78.9 cm³/mol. The van der Waals surface area contributed by atoms with Crippen LogP contribution in [0.4, 0.5) is 0 Å². The van der Waals surface area contributed by atoms with Gasteiger partial charge in [0, 0.05) is 13.1 Å². The first-order chi connectivity index (χ1) is 9.20. The minimum atomic E-state index is -0.175. The van der Waals surface area contributed by atoms with Gasteiger partial charge in [-0.05, 0) is 36.2 Å². The predicted octanol–water partition coefficient (Wildman–Crippen LogP) is 2.45. The number of carbonyl (C=O) groups excluding carboxylic acids is 1. The molecule has 0 heterocycles. The zero-order valence-corrected chi connectivity index (χ0v) is 11.4. The Balaban J connectivity index is 1.99. The lowest BCUT2D eigenvalue weighted by atomic mass is 10.1. The zero-order chi connectivity index (χ0) is 13.7. The molecular formula is C16H20N2O. The van der Waals surface area contributed by atoms with E-state index in [0.717, 1.165) is 0 Å². The highest BCUT2D eigenvalue weighted by Crippen LogP contribution is 2.15. The van der Waals surface area contributed by atoms with Crippen molar-refractivity contribution in [2.24, 2.45) is 0 Å². The average Bonchev–Trinajstić information content (AvgIpc) is 2.44. The molecule has 0 aromatic heterocycles. The highest BCUT2D eigenvalue weighted by Gasteiger charge is 2.10. The van der Waals surface area contributed by atoms with Gasteiger partial charge in [-0.1, -0.05) is 36.4 Å². The Hall–Kier alpha value is -1.87. The van der Waals surface area contributed by atoms with Gasteiger partial charge in [0.25, 0.3) is 0 Å².